The zero-order valence-corrected chi connectivity index (χ0v) is 16.7. The molecule has 2 amide bonds. The lowest BCUT2D eigenvalue weighted by Crippen LogP contribution is -2.20. The van der Waals surface area contributed by atoms with Gasteiger partial charge in [0.1, 0.15) is 11.4 Å². The Hall–Kier alpha value is -3.28. The fraction of sp³-hybridized carbons (Fsp3) is 0.273. The van der Waals surface area contributed by atoms with E-state index in [9.17, 15) is 4.79 Å². The molecular formula is C22H26N4O2. The summed E-state index contributed by atoms with van der Waals surface area (Å²) >= 11 is 0. The zero-order chi connectivity index (χ0) is 20.1. The van der Waals surface area contributed by atoms with Crippen LogP contribution in [0.2, 0.25) is 0 Å². The van der Waals surface area contributed by atoms with Crippen LogP contribution in [0.25, 0.3) is 11.3 Å². The van der Waals surface area contributed by atoms with E-state index in [1.807, 2.05) is 55.5 Å². The van der Waals surface area contributed by atoms with Crippen molar-refractivity contribution in [3.8, 4) is 17.0 Å². The van der Waals surface area contributed by atoms with Gasteiger partial charge in [-0.1, -0.05) is 45.0 Å². The molecule has 3 rings (SSSR count). The number of nitrogens with one attached hydrogen (secondary N) is 3. The minimum atomic E-state index is -0.308. The lowest BCUT2D eigenvalue weighted by Gasteiger charge is -2.11. The molecule has 1 aromatic heterocycles. The van der Waals surface area contributed by atoms with Crippen molar-refractivity contribution in [1.82, 2.24) is 10.2 Å². The Morgan fingerprint density at radius 2 is 1.89 bits per heavy atom. The number of anilines is 2. The van der Waals surface area contributed by atoms with Crippen LogP contribution >= 0.6 is 0 Å². The number of aromatic amines is 1. The standard InChI is InChI=1S/C22H26N4O2/c1-5-19-21(20(26-25-19)16-7-6-8-18(13-16)28-4)24-22(27)23-17-11-9-15(10-12-17)14(2)3/h6-14H,5H2,1-4H3,(H,25,26)(H2,23,24,27). The van der Waals surface area contributed by atoms with Crippen molar-refractivity contribution in [3.63, 3.8) is 0 Å². The van der Waals surface area contributed by atoms with Gasteiger partial charge in [0.15, 0.2) is 0 Å². The van der Waals surface area contributed by atoms with Crippen LogP contribution in [0.15, 0.2) is 48.5 Å². The fourth-order valence-corrected chi connectivity index (χ4v) is 2.98. The van der Waals surface area contributed by atoms with E-state index in [-0.39, 0.29) is 6.03 Å². The second-order valence-electron chi connectivity index (χ2n) is 6.87. The SMILES string of the molecule is CCc1[nH]nc(-c2cccc(OC)c2)c1NC(=O)Nc1ccc(C(C)C)cc1. The number of H-pyrrole nitrogens is 1. The van der Waals surface area contributed by atoms with Gasteiger partial charge in [0, 0.05) is 11.3 Å². The van der Waals surface area contributed by atoms with Crippen LogP contribution in [0.5, 0.6) is 5.75 Å². The summed E-state index contributed by atoms with van der Waals surface area (Å²) in [6, 6.07) is 15.2. The molecule has 0 bridgehead atoms. The maximum Gasteiger partial charge on any atom is 0.323 e. The topological polar surface area (TPSA) is 79.0 Å². The van der Waals surface area contributed by atoms with Gasteiger partial charge in [-0.15, -0.1) is 0 Å². The average molecular weight is 378 g/mol. The third kappa shape index (κ3) is 4.34. The maximum atomic E-state index is 12.6. The van der Waals surface area contributed by atoms with E-state index in [1.165, 1.54) is 5.56 Å². The maximum absolute atomic E-state index is 12.6. The molecule has 0 aliphatic rings. The van der Waals surface area contributed by atoms with Crippen molar-refractivity contribution in [3.05, 3.63) is 59.8 Å². The molecule has 1 heterocycles. The van der Waals surface area contributed by atoms with Gasteiger partial charge in [0.2, 0.25) is 0 Å². The Bertz CT molecular complexity index is 945. The van der Waals surface area contributed by atoms with Crippen LogP contribution < -0.4 is 15.4 Å². The molecule has 0 fully saturated rings. The van der Waals surface area contributed by atoms with E-state index in [2.05, 4.69) is 34.7 Å². The van der Waals surface area contributed by atoms with Crippen LogP contribution in [0.3, 0.4) is 0 Å². The Labute approximate surface area is 165 Å². The third-order valence-corrected chi connectivity index (χ3v) is 4.61. The van der Waals surface area contributed by atoms with E-state index in [1.54, 1.807) is 7.11 Å². The predicted molar refractivity (Wildman–Crippen MR) is 113 cm³/mol. The number of ether oxygens (including phenoxy) is 1. The molecule has 3 aromatic rings. The summed E-state index contributed by atoms with van der Waals surface area (Å²) in [5.74, 6) is 1.19. The number of rotatable bonds is 6. The number of aromatic nitrogens is 2. The van der Waals surface area contributed by atoms with Gasteiger partial charge in [0.05, 0.1) is 18.5 Å². The largest absolute Gasteiger partial charge is 0.497 e. The number of hydrogen-bond acceptors (Lipinski definition) is 3. The predicted octanol–water partition coefficient (Wildman–Crippen LogP) is 5.42. The number of methoxy groups -OCH3 is 1. The van der Waals surface area contributed by atoms with Gasteiger partial charge in [-0.05, 0) is 42.2 Å². The van der Waals surface area contributed by atoms with E-state index < -0.39 is 0 Å². The summed E-state index contributed by atoms with van der Waals surface area (Å²) < 4.78 is 5.30. The zero-order valence-electron chi connectivity index (χ0n) is 16.7. The molecule has 0 unspecified atom stereocenters. The highest BCUT2D eigenvalue weighted by atomic mass is 16.5. The van der Waals surface area contributed by atoms with E-state index in [0.29, 0.717) is 17.3 Å². The molecule has 0 spiro atoms. The summed E-state index contributed by atoms with van der Waals surface area (Å²) in [4.78, 5) is 12.6. The highest BCUT2D eigenvalue weighted by molar-refractivity contribution is 6.02. The molecule has 0 saturated heterocycles. The van der Waals surface area contributed by atoms with Gasteiger partial charge in [0.25, 0.3) is 0 Å². The van der Waals surface area contributed by atoms with E-state index in [0.717, 1.165) is 29.1 Å². The first-order valence-electron chi connectivity index (χ1n) is 9.41. The smallest absolute Gasteiger partial charge is 0.323 e. The van der Waals surface area contributed by atoms with Crippen molar-refractivity contribution >= 4 is 17.4 Å². The summed E-state index contributed by atoms with van der Waals surface area (Å²) in [6.45, 7) is 6.29. The second kappa shape index (κ2) is 8.61. The molecule has 6 nitrogen and oxygen atoms in total. The molecule has 0 aliphatic heterocycles. The van der Waals surface area contributed by atoms with Crippen molar-refractivity contribution in [2.24, 2.45) is 0 Å². The number of benzene rings is 2. The molecule has 28 heavy (non-hydrogen) atoms. The number of amides is 2. The fourth-order valence-electron chi connectivity index (χ4n) is 2.98. The molecule has 0 aliphatic carbocycles. The Morgan fingerprint density at radius 3 is 2.54 bits per heavy atom. The number of nitrogens with zero attached hydrogens (tertiary/aromatic N) is 1. The highest BCUT2D eigenvalue weighted by Crippen LogP contribution is 2.31. The quantitative estimate of drug-likeness (QED) is 0.536. The lowest BCUT2D eigenvalue weighted by atomic mass is 10.0. The van der Waals surface area contributed by atoms with Crippen LogP contribution in [0.1, 0.15) is 37.9 Å². The van der Waals surface area contributed by atoms with Crippen LogP contribution in [0, 0.1) is 0 Å². The number of carbonyl (C=O) groups excluding carboxylic acids is 1. The average Bonchev–Trinajstić information content (AvgIpc) is 3.10. The molecule has 0 radical (unpaired) electrons. The molecular weight excluding hydrogens is 352 g/mol. The summed E-state index contributed by atoms with van der Waals surface area (Å²) in [5, 5.41) is 13.2. The number of urea groups is 1. The normalized spacial score (nSPS) is 10.8. The highest BCUT2D eigenvalue weighted by Gasteiger charge is 2.17. The summed E-state index contributed by atoms with van der Waals surface area (Å²) in [5.41, 5.74) is 5.06. The Balaban J connectivity index is 1.81. The van der Waals surface area contributed by atoms with Gasteiger partial charge in [-0.25, -0.2) is 4.79 Å². The number of hydrogen-bond donors (Lipinski definition) is 3. The second-order valence-corrected chi connectivity index (χ2v) is 6.87. The van der Waals surface area contributed by atoms with Crippen molar-refractivity contribution in [1.29, 1.82) is 0 Å². The number of carbonyl (C=O) groups is 1. The molecule has 0 saturated carbocycles. The first-order valence-corrected chi connectivity index (χ1v) is 9.41. The van der Waals surface area contributed by atoms with Gasteiger partial charge < -0.3 is 15.4 Å². The minimum absolute atomic E-state index is 0.308. The van der Waals surface area contributed by atoms with Gasteiger partial charge >= 0.3 is 6.03 Å². The van der Waals surface area contributed by atoms with E-state index in [4.69, 9.17) is 4.74 Å². The third-order valence-electron chi connectivity index (χ3n) is 4.61. The molecule has 3 N–H and O–H groups in total. The minimum Gasteiger partial charge on any atom is -0.497 e. The first-order chi connectivity index (χ1) is 13.5. The molecule has 6 heteroatoms. The van der Waals surface area contributed by atoms with Crippen molar-refractivity contribution in [2.45, 2.75) is 33.1 Å². The molecule has 2 aromatic carbocycles. The van der Waals surface area contributed by atoms with Crippen molar-refractivity contribution < 1.29 is 9.53 Å². The van der Waals surface area contributed by atoms with Crippen LogP contribution in [0.4, 0.5) is 16.2 Å². The van der Waals surface area contributed by atoms with Crippen molar-refractivity contribution in [2.75, 3.05) is 17.7 Å². The van der Waals surface area contributed by atoms with Crippen LogP contribution in [-0.4, -0.2) is 23.3 Å². The Kier molecular flexibility index (Phi) is 5.99. The van der Waals surface area contributed by atoms with Gasteiger partial charge in [-0.2, -0.15) is 5.10 Å². The van der Waals surface area contributed by atoms with E-state index >= 15 is 0 Å². The molecule has 0 atom stereocenters. The summed E-state index contributed by atoms with van der Waals surface area (Å²) in [6.07, 6.45) is 0.718. The lowest BCUT2D eigenvalue weighted by molar-refractivity contribution is 0.262. The first kappa shape index (κ1) is 19.5. The van der Waals surface area contributed by atoms with Crippen LogP contribution in [-0.2, 0) is 6.42 Å². The Morgan fingerprint density at radius 1 is 1.14 bits per heavy atom. The summed E-state index contributed by atoms with van der Waals surface area (Å²) in [7, 11) is 1.62. The monoisotopic (exact) mass is 378 g/mol. The van der Waals surface area contributed by atoms with Gasteiger partial charge in [-0.3, -0.25) is 5.10 Å². The molecule has 146 valence electrons. The number of aryl methyl sites for hydroxylation is 1.